The first kappa shape index (κ1) is 15.1. The van der Waals surface area contributed by atoms with Gasteiger partial charge in [0.2, 0.25) is 0 Å². The van der Waals surface area contributed by atoms with E-state index in [4.69, 9.17) is 16.6 Å². The molecule has 3 rings (SSSR count). The summed E-state index contributed by atoms with van der Waals surface area (Å²) in [4.78, 5) is 4.71. The smallest absolute Gasteiger partial charge is 0.137 e. The number of halogens is 1. The van der Waals surface area contributed by atoms with Crippen LogP contribution in [0.15, 0.2) is 36.5 Å². The Morgan fingerprint density at radius 2 is 1.95 bits per heavy atom. The lowest BCUT2D eigenvalue weighted by Crippen LogP contribution is -2.02. The Kier molecular flexibility index (Phi) is 3.94. The van der Waals surface area contributed by atoms with E-state index in [1.165, 1.54) is 11.1 Å². The standard InChI is InChI=1S/C18H19ClN2O/c1-4-15(22)18-17(13-6-5-11(2)12(3)9-13)20-16-8-7-14(19)10-21(16)18/h5-10,15,22H,4H2,1-3H3. The van der Waals surface area contributed by atoms with Gasteiger partial charge in [-0.25, -0.2) is 4.98 Å². The van der Waals surface area contributed by atoms with Crippen LogP contribution in [-0.2, 0) is 0 Å². The van der Waals surface area contributed by atoms with Crippen LogP contribution in [0.2, 0.25) is 5.02 Å². The third-order valence-corrected chi connectivity index (χ3v) is 4.33. The number of hydrogen-bond acceptors (Lipinski definition) is 2. The third-order valence-electron chi connectivity index (χ3n) is 4.10. The summed E-state index contributed by atoms with van der Waals surface area (Å²) in [5.74, 6) is 0. The van der Waals surface area contributed by atoms with Crippen LogP contribution >= 0.6 is 11.6 Å². The minimum Gasteiger partial charge on any atom is -0.387 e. The number of fused-ring (bicyclic) bond motifs is 1. The number of nitrogens with zero attached hydrogens (tertiary/aromatic N) is 2. The molecule has 114 valence electrons. The lowest BCUT2D eigenvalue weighted by Gasteiger charge is -2.11. The van der Waals surface area contributed by atoms with Crippen molar-refractivity contribution in [3.8, 4) is 11.3 Å². The fraction of sp³-hybridized carbons (Fsp3) is 0.278. The summed E-state index contributed by atoms with van der Waals surface area (Å²) in [5, 5.41) is 11.1. The Morgan fingerprint density at radius 1 is 1.18 bits per heavy atom. The summed E-state index contributed by atoms with van der Waals surface area (Å²) in [6.07, 6.45) is 1.85. The van der Waals surface area contributed by atoms with Crippen molar-refractivity contribution in [3.05, 3.63) is 58.4 Å². The molecule has 1 N–H and O–H groups in total. The Hall–Kier alpha value is -1.84. The van der Waals surface area contributed by atoms with Gasteiger partial charge in [0.15, 0.2) is 0 Å². The van der Waals surface area contributed by atoms with E-state index in [9.17, 15) is 5.11 Å². The molecule has 2 aromatic heterocycles. The van der Waals surface area contributed by atoms with Crippen molar-refractivity contribution in [2.24, 2.45) is 0 Å². The number of benzene rings is 1. The molecule has 0 aliphatic heterocycles. The molecule has 1 atom stereocenters. The lowest BCUT2D eigenvalue weighted by molar-refractivity contribution is 0.168. The summed E-state index contributed by atoms with van der Waals surface area (Å²) < 4.78 is 1.89. The van der Waals surface area contributed by atoms with Crippen LogP contribution < -0.4 is 0 Å². The Bertz CT molecular complexity index is 838. The van der Waals surface area contributed by atoms with E-state index in [0.717, 1.165) is 22.6 Å². The zero-order valence-electron chi connectivity index (χ0n) is 13.0. The zero-order chi connectivity index (χ0) is 15.9. The highest BCUT2D eigenvalue weighted by molar-refractivity contribution is 6.30. The second kappa shape index (κ2) is 5.75. The van der Waals surface area contributed by atoms with Crippen LogP contribution in [0, 0.1) is 13.8 Å². The van der Waals surface area contributed by atoms with E-state index in [0.29, 0.717) is 11.4 Å². The molecular formula is C18H19ClN2O. The summed E-state index contributed by atoms with van der Waals surface area (Å²) in [6.45, 7) is 6.13. The Morgan fingerprint density at radius 3 is 2.64 bits per heavy atom. The maximum atomic E-state index is 10.5. The van der Waals surface area contributed by atoms with E-state index < -0.39 is 6.10 Å². The first-order valence-corrected chi connectivity index (χ1v) is 7.82. The molecule has 3 aromatic rings. The fourth-order valence-corrected chi connectivity index (χ4v) is 2.81. The summed E-state index contributed by atoms with van der Waals surface area (Å²) in [6, 6.07) is 9.95. The highest BCUT2D eigenvalue weighted by Gasteiger charge is 2.20. The maximum Gasteiger partial charge on any atom is 0.137 e. The van der Waals surface area contributed by atoms with Gasteiger partial charge >= 0.3 is 0 Å². The van der Waals surface area contributed by atoms with E-state index in [1.807, 2.05) is 29.7 Å². The minimum atomic E-state index is -0.579. The SMILES string of the molecule is CCC(O)c1c(-c2ccc(C)c(C)c2)nc2ccc(Cl)cn12. The van der Waals surface area contributed by atoms with Gasteiger partial charge in [-0.2, -0.15) is 0 Å². The molecule has 0 aliphatic carbocycles. The van der Waals surface area contributed by atoms with Crippen molar-refractivity contribution in [1.82, 2.24) is 9.38 Å². The van der Waals surface area contributed by atoms with Gasteiger partial charge in [-0.05, 0) is 49.6 Å². The second-order valence-corrected chi connectivity index (χ2v) is 6.08. The van der Waals surface area contributed by atoms with Crippen LogP contribution in [0.4, 0.5) is 0 Å². The van der Waals surface area contributed by atoms with Gasteiger partial charge in [0.25, 0.3) is 0 Å². The molecule has 0 bridgehead atoms. The van der Waals surface area contributed by atoms with Gasteiger partial charge in [-0.15, -0.1) is 0 Å². The van der Waals surface area contributed by atoms with Gasteiger partial charge in [0, 0.05) is 11.8 Å². The minimum absolute atomic E-state index is 0.579. The molecule has 0 spiro atoms. The Labute approximate surface area is 135 Å². The van der Waals surface area contributed by atoms with E-state index in [1.54, 1.807) is 0 Å². The number of aromatic nitrogens is 2. The number of imidazole rings is 1. The molecule has 0 radical (unpaired) electrons. The molecule has 0 aliphatic rings. The van der Waals surface area contributed by atoms with Gasteiger partial charge in [-0.1, -0.05) is 30.7 Å². The second-order valence-electron chi connectivity index (χ2n) is 5.64. The molecule has 0 amide bonds. The maximum absolute atomic E-state index is 10.5. The largest absolute Gasteiger partial charge is 0.387 e. The molecule has 4 heteroatoms. The number of rotatable bonds is 3. The predicted octanol–water partition coefficient (Wildman–Crippen LogP) is 4.71. The van der Waals surface area contributed by atoms with Crippen molar-refractivity contribution in [1.29, 1.82) is 0 Å². The molecule has 2 heterocycles. The molecule has 0 saturated heterocycles. The molecule has 22 heavy (non-hydrogen) atoms. The van der Waals surface area contributed by atoms with Crippen molar-refractivity contribution < 1.29 is 5.11 Å². The van der Waals surface area contributed by atoms with Crippen LogP contribution in [0.25, 0.3) is 16.9 Å². The van der Waals surface area contributed by atoms with Gasteiger partial charge in [0.05, 0.1) is 22.5 Å². The van der Waals surface area contributed by atoms with Gasteiger partial charge < -0.3 is 5.11 Å². The van der Waals surface area contributed by atoms with Crippen molar-refractivity contribution in [2.45, 2.75) is 33.3 Å². The van der Waals surface area contributed by atoms with Crippen LogP contribution in [-0.4, -0.2) is 14.5 Å². The number of hydrogen-bond donors (Lipinski definition) is 1. The highest BCUT2D eigenvalue weighted by atomic mass is 35.5. The Balaban J connectivity index is 2.30. The molecule has 1 aromatic carbocycles. The van der Waals surface area contributed by atoms with E-state index in [-0.39, 0.29) is 0 Å². The molecular weight excluding hydrogens is 296 g/mol. The molecule has 1 unspecified atom stereocenters. The fourth-order valence-electron chi connectivity index (χ4n) is 2.65. The number of pyridine rings is 1. The monoisotopic (exact) mass is 314 g/mol. The van der Waals surface area contributed by atoms with Crippen LogP contribution in [0.1, 0.15) is 36.3 Å². The third kappa shape index (κ3) is 2.51. The summed E-state index contributed by atoms with van der Waals surface area (Å²) >= 11 is 6.11. The van der Waals surface area contributed by atoms with Crippen molar-refractivity contribution >= 4 is 17.2 Å². The quantitative estimate of drug-likeness (QED) is 0.760. The van der Waals surface area contributed by atoms with Gasteiger partial charge in [-0.3, -0.25) is 4.40 Å². The van der Waals surface area contributed by atoms with Crippen LogP contribution in [0.5, 0.6) is 0 Å². The number of aryl methyl sites for hydroxylation is 2. The number of aliphatic hydroxyl groups is 1. The first-order valence-electron chi connectivity index (χ1n) is 7.44. The lowest BCUT2D eigenvalue weighted by atomic mass is 10.0. The summed E-state index contributed by atoms with van der Waals surface area (Å²) in [5.41, 5.74) is 5.88. The average molecular weight is 315 g/mol. The molecule has 0 fully saturated rings. The van der Waals surface area contributed by atoms with E-state index >= 15 is 0 Å². The first-order chi connectivity index (χ1) is 10.5. The van der Waals surface area contributed by atoms with Crippen molar-refractivity contribution in [2.75, 3.05) is 0 Å². The number of aliphatic hydroxyl groups excluding tert-OH is 1. The topological polar surface area (TPSA) is 37.5 Å². The zero-order valence-corrected chi connectivity index (χ0v) is 13.7. The molecule has 0 saturated carbocycles. The molecule has 3 nitrogen and oxygen atoms in total. The van der Waals surface area contributed by atoms with Crippen LogP contribution in [0.3, 0.4) is 0 Å². The van der Waals surface area contributed by atoms with E-state index in [2.05, 4.69) is 32.0 Å². The van der Waals surface area contributed by atoms with Crippen molar-refractivity contribution in [3.63, 3.8) is 0 Å². The summed E-state index contributed by atoms with van der Waals surface area (Å²) in [7, 11) is 0. The average Bonchev–Trinajstić information content (AvgIpc) is 2.87. The predicted molar refractivity (Wildman–Crippen MR) is 90.4 cm³/mol. The van der Waals surface area contributed by atoms with Gasteiger partial charge in [0.1, 0.15) is 5.65 Å². The normalized spacial score (nSPS) is 12.8. The highest BCUT2D eigenvalue weighted by Crippen LogP contribution is 2.32.